The number of phenols is 2. The number of aromatic hydroxyl groups is 2. The van der Waals surface area contributed by atoms with Crippen molar-refractivity contribution in [2.75, 3.05) is 5.32 Å². The third-order valence-corrected chi connectivity index (χ3v) is 3.91. The molecular weight excluding hydrogens is 374 g/mol. The van der Waals surface area contributed by atoms with Crippen LogP contribution >= 0.6 is 0 Å². The second kappa shape index (κ2) is 7.73. The lowest BCUT2D eigenvalue weighted by Crippen LogP contribution is -2.11. The van der Waals surface area contributed by atoms with Crippen molar-refractivity contribution in [1.82, 2.24) is 10.2 Å². The van der Waals surface area contributed by atoms with Crippen LogP contribution in [-0.2, 0) is 0 Å². The second-order valence-electron chi connectivity index (χ2n) is 6.04. The zero-order valence-corrected chi connectivity index (χ0v) is 14.9. The number of amides is 1. The van der Waals surface area contributed by atoms with E-state index in [4.69, 9.17) is 9.15 Å². The van der Waals surface area contributed by atoms with Crippen molar-refractivity contribution in [2.24, 2.45) is 0 Å². The third-order valence-electron chi connectivity index (χ3n) is 3.91. The maximum Gasteiger partial charge on any atom is 0.322 e. The van der Waals surface area contributed by atoms with Gasteiger partial charge in [0.2, 0.25) is 5.89 Å². The number of nitrogens with zero attached hydrogens (tertiary/aromatic N) is 2. The number of ether oxygens (including phenoxy) is 1. The molecule has 8 heteroatoms. The lowest BCUT2D eigenvalue weighted by molar-refractivity contribution is 0.102. The van der Waals surface area contributed by atoms with Crippen LogP contribution in [0.5, 0.6) is 23.0 Å². The van der Waals surface area contributed by atoms with Gasteiger partial charge in [-0.2, -0.15) is 0 Å². The summed E-state index contributed by atoms with van der Waals surface area (Å²) in [4.78, 5) is 12.4. The first-order valence-corrected chi connectivity index (χ1v) is 8.58. The van der Waals surface area contributed by atoms with E-state index in [1.165, 1.54) is 18.2 Å². The van der Waals surface area contributed by atoms with Gasteiger partial charge in [0, 0.05) is 17.2 Å². The number of anilines is 1. The fraction of sp³-hybridized carbons (Fsp3) is 0. The van der Waals surface area contributed by atoms with Gasteiger partial charge in [-0.15, -0.1) is 5.10 Å². The van der Waals surface area contributed by atoms with E-state index in [0.717, 1.165) is 0 Å². The Labute approximate surface area is 165 Å². The highest BCUT2D eigenvalue weighted by atomic mass is 16.5. The number of hydrogen-bond acceptors (Lipinski definition) is 7. The molecule has 3 N–H and O–H groups in total. The summed E-state index contributed by atoms with van der Waals surface area (Å²) in [6.07, 6.45) is 0. The van der Waals surface area contributed by atoms with Crippen molar-refractivity contribution in [3.8, 4) is 34.5 Å². The van der Waals surface area contributed by atoms with E-state index in [0.29, 0.717) is 22.6 Å². The number of hydrogen-bond donors (Lipinski definition) is 3. The summed E-state index contributed by atoms with van der Waals surface area (Å²) < 4.78 is 11.0. The zero-order valence-electron chi connectivity index (χ0n) is 14.9. The summed E-state index contributed by atoms with van der Waals surface area (Å²) in [6, 6.07) is 19.1. The molecule has 1 aromatic heterocycles. The van der Waals surface area contributed by atoms with Gasteiger partial charge in [-0.1, -0.05) is 17.2 Å². The average Bonchev–Trinajstić information content (AvgIpc) is 3.17. The van der Waals surface area contributed by atoms with E-state index in [1.54, 1.807) is 54.6 Å². The minimum atomic E-state index is -0.431. The van der Waals surface area contributed by atoms with Crippen LogP contribution in [0.3, 0.4) is 0 Å². The first-order chi connectivity index (χ1) is 14.1. The minimum absolute atomic E-state index is 0.0616. The molecule has 0 fully saturated rings. The van der Waals surface area contributed by atoms with Crippen molar-refractivity contribution < 1.29 is 24.2 Å². The molecule has 0 aliphatic heterocycles. The SMILES string of the molecule is O=C(Nc1nnc(-c2cccc(O)c2)o1)c1ccc(Oc2cccc(O)c2)cc1. The lowest BCUT2D eigenvalue weighted by Gasteiger charge is -2.07. The fourth-order valence-corrected chi connectivity index (χ4v) is 2.56. The zero-order chi connectivity index (χ0) is 20.2. The van der Waals surface area contributed by atoms with Gasteiger partial charge in [0.25, 0.3) is 5.91 Å². The monoisotopic (exact) mass is 389 g/mol. The van der Waals surface area contributed by atoms with Crippen molar-refractivity contribution in [1.29, 1.82) is 0 Å². The molecule has 0 spiro atoms. The molecule has 4 aromatic rings. The van der Waals surface area contributed by atoms with E-state index in [9.17, 15) is 15.0 Å². The van der Waals surface area contributed by atoms with E-state index in [1.807, 2.05) is 0 Å². The standard InChI is InChI=1S/C21H15N3O5/c25-15-4-1-3-14(11-15)20-23-24-21(29-20)22-19(27)13-7-9-17(10-8-13)28-18-6-2-5-16(26)12-18/h1-12,25-26H,(H,22,24,27). The van der Waals surface area contributed by atoms with Crippen LogP contribution in [0.4, 0.5) is 6.01 Å². The van der Waals surface area contributed by atoms with Gasteiger partial charge in [-0.25, -0.2) is 0 Å². The molecule has 0 saturated heterocycles. The largest absolute Gasteiger partial charge is 0.508 e. The molecule has 1 amide bonds. The number of carbonyl (C=O) groups is 1. The van der Waals surface area contributed by atoms with Crippen molar-refractivity contribution in [2.45, 2.75) is 0 Å². The molecule has 29 heavy (non-hydrogen) atoms. The van der Waals surface area contributed by atoms with Gasteiger partial charge in [0.05, 0.1) is 0 Å². The molecule has 0 aliphatic carbocycles. The molecule has 0 aliphatic rings. The van der Waals surface area contributed by atoms with Gasteiger partial charge in [0.1, 0.15) is 23.0 Å². The van der Waals surface area contributed by atoms with Crippen LogP contribution in [0.1, 0.15) is 10.4 Å². The maximum absolute atomic E-state index is 12.4. The smallest absolute Gasteiger partial charge is 0.322 e. The van der Waals surface area contributed by atoms with Crippen LogP contribution in [0.25, 0.3) is 11.5 Å². The molecule has 0 bridgehead atoms. The maximum atomic E-state index is 12.4. The van der Waals surface area contributed by atoms with Crippen molar-refractivity contribution in [3.05, 3.63) is 78.4 Å². The van der Waals surface area contributed by atoms with Crippen molar-refractivity contribution >= 4 is 11.9 Å². The number of rotatable bonds is 5. The van der Waals surface area contributed by atoms with Crippen LogP contribution in [-0.4, -0.2) is 26.3 Å². The van der Waals surface area contributed by atoms with Crippen molar-refractivity contribution in [3.63, 3.8) is 0 Å². The number of phenolic OH excluding ortho intramolecular Hbond substituents is 2. The Kier molecular flexibility index (Phi) is 4.81. The van der Waals surface area contributed by atoms with Crippen LogP contribution in [0.2, 0.25) is 0 Å². The summed E-state index contributed by atoms with van der Waals surface area (Å²) in [5.74, 6) is 0.900. The Hall–Kier alpha value is -4.33. The van der Waals surface area contributed by atoms with Crippen LogP contribution < -0.4 is 10.1 Å². The molecule has 0 radical (unpaired) electrons. The predicted molar refractivity (Wildman–Crippen MR) is 104 cm³/mol. The predicted octanol–water partition coefficient (Wildman–Crippen LogP) is 4.19. The molecule has 3 aromatic carbocycles. The van der Waals surface area contributed by atoms with Gasteiger partial charge >= 0.3 is 6.01 Å². The summed E-state index contributed by atoms with van der Waals surface area (Å²) in [5, 5.41) is 29.2. The topological polar surface area (TPSA) is 118 Å². The lowest BCUT2D eigenvalue weighted by atomic mass is 10.2. The Morgan fingerprint density at radius 3 is 2.31 bits per heavy atom. The first-order valence-electron chi connectivity index (χ1n) is 8.58. The Balaban J connectivity index is 1.42. The number of carbonyl (C=O) groups excluding carboxylic acids is 1. The van der Waals surface area contributed by atoms with Crippen LogP contribution in [0, 0.1) is 0 Å². The summed E-state index contributed by atoms with van der Waals surface area (Å²) in [5.41, 5.74) is 0.900. The average molecular weight is 389 g/mol. The van der Waals surface area contributed by atoms with E-state index < -0.39 is 5.91 Å². The molecule has 0 unspecified atom stereocenters. The summed E-state index contributed by atoms with van der Waals surface area (Å²) in [7, 11) is 0. The Morgan fingerprint density at radius 1 is 0.862 bits per heavy atom. The Morgan fingerprint density at radius 2 is 1.59 bits per heavy atom. The fourth-order valence-electron chi connectivity index (χ4n) is 2.56. The minimum Gasteiger partial charge on any atom is -0.508 e. The number of benzene rings is 3. The highest BCUT2D eigenvalue weighted by Crippen LogP contribution is 2.26. The highest BCUT2D eigenvalue weighted by molar-refractivity contribution is 6.03. The molecule has 0 atom stereocenters. The van der Waals surface area contributed by atoms with E-state index >= 15 is 0 Å². The summed E-state index contributed by atoms with van der Waals surface area (Å²) >= 11 is 0. The molecule has 8 nitrogen and oxygen atoms in total. The first kappa shape index (κ1) is 18.1. The van der Waals surface area contributed by atoms with Gasteiger partial charge in [0.15, 0.2) is 0 Å². The molecule has 0 saturated carbocycles. The summed E-state index contributed by atoms with van der Waals surface area (Å²) in [6.45, 7) is 0. The van der Waals surface area contributed by atoms with E-state index in [-0.39, 0.29) is 23.4 Å². The van der Waals surface area contributed by atoms with Gasteiger partial charge in [-0.3, -0.25) is 10.1 Å². The van der Waals surface area contributed by atoms with Crippen LogP contribution in [0.15, 0.2) is 77.2 Å². The Bertz CT molecular complexity index is 1150. The van der Waals surface area contributed by atoms with Gasteiger partial charge in [-0.05, 0) is 54.6 Å². The second-order valence-corrected chi connectivity index (χ2v) is 6.04. The van der Waals surface area contributed by atoms with Gasteiger partial charge < -0.3 is 19.4 Å². The third kappa shape index (κ3) is 4.33. The molecule has 1 heterocycles. The molecular formula is C21H15N3O5. The highest BCUT2D eigenvalue weighted by Gasteiger charge is 2.13. The quantitative estimate of drug-likeness (QED) is 0.468. The molecule has 4 rings (SSSR count). The number of aromatic nitrogens is 2. The number of nitrogens with one attached hydrogen (secondary N) is 1. The van der Waals surface area contributed by atoms with E-state index in [2.05, 4.69) is 15.5 Å². The molecule has 144 valence electrons. The normalized spacial score (nSPS) is 10.5.